The summed E-state index contributed by atoms with van der Waals surface area (Å²) in [6.07, 6.45) is 1.65. The van der Waals surface area contributed by atoms with Crippen molar-refractivity contribution in [2.24, 2.45) is 5.73 Å². The summed E-state index contributed by atoms with van der Waals surface area (Å²) in [4.78, 5) is 3.91. The maximum atomic E-state index is 5.67. The molecule has 0 spiro atoms. The Morgan fingerprint density at radius 1 is 1.67 bits per heavy atom. The molecule has 0 saturated heterocycles. The molecule has 2 nitrogen and oxygen atoms in total. The molecule has 12 heavy (non-hydrogen) atoms. The van der Waals surface area contributed by atoms with Crippen molar-refractivity contribution in [3.05, 3.63) is 28.5 Å². The van der Waals surface area contributed by atoms with Gasteiger partial charge in [-0.15, -0.1) is 0 Å². The average Bonchev–Trinajstić information content (AvgIpc) is 2.03. The third kappa shape index (κ3) is 2.23. The van der Waals surface area contributed by atoms with Gasteiger partial charge in [0.1, 0.15) is 5.15 Å². The van der Waals surface area contributed by atoms with E-state index in [2.05, 4.69) is 16.8 Å². The van der Waals surface area contributed by atoms with E-state index in [1.165, 1.54) is 0 Å². The molecule has 1 aromatic rings. The number of aromatic nitrogens is 1. The molecule has 0 fully saturated rings. The zero-order valence-electron chi connectivity index (χ0n) is 6.76. The highest BCUT2D eigenvalue weighted by molar-refractivity contribution is 6.29. The topological polar surface area (TPSA) is 38.9 Å². The summed E-state index contributed by atoms with van der Waals surface area (Å²) in [7, 11) is 0. The highest BCUT2D eigenvalue weighted by Crippen LogP contribution is 2.10. The molecule has 0 amide bonds. The van der Waals surface area contributed by atoms with E-state index in [1.807, 2.05) is 6.92 Å². The molecule has 0 unspecified atom stereocenters. The zero-order valence-corrected chi connectivity index (χ0v) is 7.52. The third-order valence-corrected chi connectivity index (χ3v) is 1.61. The van der Waals surface area contributed by atoms with Gasteiger partial charge in [-0.25, -0.2) is 4.98 Å². The number of halogens is 1. The molecule has 0 radical (unpaired) electrons. The average molecular weight is 181 g/mol. The van der Waals surface area contributed by atoms with Crippen molar-refractivity contribution in [2.45, 2.75) is 6.92 Å². The van der Waals surface area contributed by atoms with Crippen LogP contribution in [0.5, 0.6) is 0 Å². The van der Waals surface area contributed by atoms with E-state index < -0.39 is 0 Å². The summed E-state index contributed by atoms with van der Waals surface area (Å²) in [5, 5.41) is 0.491. The van der Waals surface area contributed by atoms with Crippen LogP contribution in [0.25, 0.3) is 0 Å². The molecule has 1 heterocycles. The predicted octanol–water partition coefficient (Wildman–Crippen LogP) is 1.35. The smallest absolute Gasteiger partial charge is 0.129 e. The molecule has 62 valence electrons. The maximum Gasteiger partial charge on any atom is 0.129 e. The minimum absolute atomic E-state index is 0.363. The van der Waals surface area contributed by atoms with Crippen molar-refractivity contribution in [3.8, 4) is 11.8 Å². The molecule has 0 saturated carbocycles. The number of rotatable bonds is 0. The SMILES string of the molecule is Cc1cc(Cl)ncc1C#CCN. The molecule has 0 bridgehead atoms. The number of hydrogen-bond donors (Lipinski definition) is 1. The number of nitrogens with two attached hydrogens (primary N) is 1. The number of hydrogen-bond acceptors (Lipinski definition) is 2. The fourth-order valence-corrected chi connectivity index (χ4v) is 1.01. The van der Waals surface area contributed by atoms with Gasteiger partial charge in [-0.3, -0.25) is 0 Å². The Labute approximate surface area is 76.8 Å². The van der Waals surface area contributed by atoms with Crippen LogP contribution in [0.15, 0.2) is 12.3 Å². The van der Waals surface area contributed by atoms with Crippen molar-refractivity contribution in [2.75, 3.05) is 6.54 Å². The largest absolute Gasteiger partial charge is 0.320 e. The molecule has 0 aliphatic heterocycles. The van der Waals surface area contributed by atoms with E-state index in [0.717, 1.165) is 11.1 Å². The Balaban J connectivity index is 3.01. The van der Waals surface area contributed by atoms with Crippen molar-refractivity contribution in [3.63, 3.8) is 0 Å². The second-order valence-corrected chi connectivity index (χ2v) is 2.72. The quantitative estimate of drug-likeness (QED) is 0.484. The first-order valence-electron chi connectivity index (χ1n) is 3.55. The Morgan fingerprint density at radius 3 is 3.00 bits per heavy atom. The molecule has 3 heteroatoms. The summed E-state index contributed by atoms with van der Waals surface area (Å²) < 4.78 is 0. The van der Waals surface area contributed by atoms with Crippen LogP contribution in [0.4, 0.5) is 0 Å². The van der Waals surface area contributed by atoms with Crippen molar-refractivity contribution < 1.29 is 0 Å². The first-order valence-corrected chi connectivity index (χ1v) is 3.93. The monoisotopic (exact) mass is 180 g/mol. The zero-order chi connectivity index (χ0) is 8.97. The second-order valence-electron chi connectivity index (χ2n) is 2.33. The molecular formula is C9H9ClN2. The van der Waals surface area contributed by atoms with Crippen LogP contribution in [0.1, 0.15) is 11.1 Å². The molecule has 0 aliphatic carbocycles. The standard InChI is InChI=1S/C9H9ClN2/c1-7-5-9(10)12-6-8(7)3-2-4-11/h5-6H,4,11H2,1H3. The Hall–Kier alpha value is -1.04. The van der Waals surface area contributed by atoms with E-state index in [0.29, 0.717) is 11.7 Å². The van der Waals surface area contributed by atoms with E-state index in [4.69, 9.17) is 17.3 Å². The maximum absolute atomic E-state index is 5.67. The minimum Gasteiger partial charge on any atom is -0.320 e. The van der Waals surface area contributed by atoms with Gasteiger partial charge in [-0.1, -0.05) is 23.4 Å². The summed E-state index contributed by atoms with van der Waals surface area (Å²) in [6, 6.07) is 1.78. The van der Waals surface area contributed by atoms with E-state index >= 15 is 0 Å². The summed E-state index contributed by atoms with van der Waals surface area (Å²) in [5.41, 5.74) is 7.14. The summed E-state index contributed by atoms with van der Waals surface area (Å²) >= 11 is 5.67. The molecule has 1 rings (SSSR count). The van der Waals surface area contributed by atoms with Gasteiger partial charge in [0.05, 0.1) is 6.54 Å². The first-order chi connectivity index (χ1) is 5.74. The molecular weight excluding hydrogens is 172 g/mol. The van der Waals surface area contributed by atoms with Crippen molar-refractivity contribution in [1.82, 2.24) is 4.98 Å². The van der Waals surface area contributed by atoms with E-state index in [9.17, 15) is 0 Å². The van der Waals surface area contributed by atoms with Crippen LogP contribution in [0.3, 0.4) is 0 Å². The highest BCUT2D eigenvalue weighted by atomic mass is 35.5. The van der Waals surface area contributed by atoms with Crippen LogP contribution < -0.4 is 5.73 Å². The third-order valence-electron chi connectivity index (χ3n) is 1.40. The van der Waals surface area contributed by atoms with E-state index in [-0.39, 0.29) is 0 Å². The molecule has 2 N–H and O–H groups in total. The van der Waals surface area contributed by atoms with Crippen LogP contribution >= 0.6 is 11.6 Å². The molecule has 1 aromatic heterocycles. The second kappa shape index (κ2) is 4.10. The van der Waals surface area contributed by atoms with Crippen molar-refractivity contribution in [1.29, 1.82) is 0 Å². The van der Waals surface area contributed by atoms with Gasteiger partial charge in [0.2, 0.25) is 0 Å². The number of nitrogens with zero attached hydrogens (tertiary/aromatic N) is 1. The van der Waals surface area contributed by atoms with Gasteiger partial charge in [0, 0.05) is 11.8 Å². The lowest BCUT2D eigenvalue weighted by Gasteiger charge is -1.96. The van der Waals surface area contributed by atoms with Gasteiger partial charge >= 0.3 is 0 Å². The number of aryl methyl sites for hydroxylation is 1. The lowest BCUT2D eigenvalue weighted by Crippen LogP contribution is -1.93. The van der Waals surface area contributed by atoms with E-state index in [1.54, 1.807) is 12.3 Å². The Kier molecular flexibility index (Phi) is 3.09. The van der Waals surface area contributed by atoms with Crippen LogP contribution in [-0.4, -0.2) is 11.5 Å². The van der Waals surface area contributed by atoms with Crippen LogP contribution in [0.2, 0.25) is 5.15 Å². The number of pyridine rings is 1. The van der Waals surface area contributed by atoms with Crippen molar-refractivity contribution >= 4 is 11.6 Å². The van der Waals surface area contributed by atoms with Gasteiger partial charge in [0.25, 0.3) is 0 Å². The molecule has 0 atom stereocenters. The fourth-order valence-electron chi connectivity index (χ4n) is 0.799. The minimum atomic E-state index is 0.363. The fraction of sp³-hybridized carbons (Fsp3) is 0.222. The Morgan fingerprint density at radius 2 is 2.42 bits per heavy atom. The molecule has 0 aromatic carbocycles. The summed E-state index contributed by atoms with van der Waals surface area (Å²) in [6.45, 7) is 2.30. The highest BCUT2D eigenvalue weighted by Gasteiger charge is 1.95. The van der Waals surface area contributed by atoms with Crippen LogP contribution in [-0.2, 0) is 0 Å². The van der Waals surface area contributed by atoms with Gasteiger partial charge in [-0.2, -0.15) is 0 Å². The van der Waals surface area contributed by atoms with Gasteiger partial charge in [-0.05, 0) is 18.6 Å². The Bertz CT molecular complexity index is 336. The normalized spacial score (nSPS) is 8.92. The summed E-state index contributed by atoms with van der Waals surface area (Å²) in [5.74, 6) is 5.66. The molecule has 0 aliphatic rings. The predicted molar refractivity (Wildman–Crippen MR) is 49.9 cm³/mol. The first kappa shape index (κ1) is 9.05. The van der Waals surface area contributed by atoms with Crippen LogP contribution in [0, 0.1) is 18.8 Å². The lowest BCUT2D eigenvalue weighted by atomic mass is 10.2. The lowest BCUT2D eigenvalue weighted by molar-refractivity contribution is 1.26. The van der Waals surface area contributed by atoms with Gasteiger partial charge < -0.3 is 5.73 Å². The van der Waals surface area contributed by atoms with Gasteiger partial charge in [0.15, 0.2) is 0 Å².